The zero-order valence-corrected chi connectivity index (χ0v) is 42.4. The number of ketones is 2. The molecule has 2 heterocycles. The van der Waals surface area contributed by atoms with E-state index in [0.717, 1.165) is 50.4 Å². The van der Waals surface area contributed by atoms with Gasteiger partial charge in [0.25, 0.3) is 0 Å². The van der Waals surface area contributed by atoms with E-state index in [1.54, 1.807) is 12.7 Å². The van der Waals surface area contributed by atoms with Crippen LogP contribution in [0.5, 0.6) is 0 Å². The molecule has 10 rings (SSSR count). The largest absolute Gasteiger partial charge is 0.512 e. The molecule has 0 bridgehead atoms. The average Bonchev–Trinajstić information content (AvgIpc) is 3.33. The van der Waals surface area contributed by atoms with E-state index in [4.69, 9.17) is 10.2 Å². The third-order valence-corrected chi connectivity index (χ3v) is 10.2. The average molecular weight is 1250 g/mol. The Balaban J connectivity index is 0.000000195. The van der Waals surface area contributed by atoms with Crippen molar-refractivity contribution in [3.63, 3.8) is 0 Å². The molecule has 0 atom stereocenters. The van der Waals surface area contributed by atoms with Crippen LogP contribution in [0.15, 0.2) is 206 Å². The minimum absolute atomic E-state index is 0. The number of aliphatic hydroxyl groups excluding tert-OH is 2. The summed E-state index contributed by atoms with van der Waals surface area (Å²) in [6.07, 6.45) is 5.60. The normalized spacial score (nSPS) is 10.8. The summed E-state index contributed by atoms with van der Waals surface area (Å²) in [4.78, 5) is 38.0. The third-order valence-electron chi connectivity index (χ3n) is 10.2. The van der Waals surface area contributed by atoms with Gasteiger partial charge in [-0.3, -0.25) is 19.6 Å². The first kappa shape index (κ1) is 51.7. The van der Waals surface area contributed by atoms with E-state index >= 15 is 0 Å². The third kappa shape index (κ3) is 13.9. The maximum Gasteiger partial charge on any atom is 0.155 e. The van der Waals surface area contributed by atoms with E-state index in [1.165, 1.54) is 77.6 Å². The van der Waals surface area contributed by atoms with E-state index in [0.29, 0.717) is 0 Å². The number of benzene rings is 8. The van der Waals surface area contributed by atoms with Gasteiger partial charge in [0.1, 0.15) is 12.7 Å². The Hall–Kier alpha value is -7.32. The Bertz CT molecular complexity index is 3170. The minimum Gasteiger partial charge on any atom is -0.512 e. The van der Waals surface area contributed by atoms with Gasteiger partial charge in [-0.1, -0.05) is 150 Å². The topological polar surface area (TPSA) is 126 Å². The zero-order valence-electron chi connectivity index (χ0n) is 37.6. The van der Waals surface area contributed by atoms with Gasteiger partial charge in [-0.2, -0.15) is 0 Å². The number of hydrogen-bond acceptors (Lipinski definition) is 8. The molecule has 10 heteroatoms. The summed E-state index contributed by atoms with van der Waals surface area (Å²) in [6, 6.07) is 65.0. The van der Waals surface area contributed by atoms with Gasteiger partial charge in [0, 0.05) is 63.5 Å². The number of rotatable bonds is 6. The summed E-state index contributed by atoms with van der Waals surface area (Å²) in [6.45, 7) is 5.70. The molecule has 0 aliphatic carbocycles. The molecule has 0 fully saturated rings. The van der Waals surface area contributed by atoms with E-state index in [2.05, 4.69) is 159 Å². The van der Waals surface area contributed by atoms with Crippen LogP contribution in [0.2, 0.25) is 0 Å². The van der Waals surface area contributed by atoms with Crippen molar-refractivity contribution in [2.45, 2.75) is 27.7 Å². The van der Waals surface area contributed by atoms with Gasteiger partial charge in [-0.05, 0) is 66.7 Å². The summed E-state index contributed by atoms with van der Waals surface area (Å²) in [5, 5.41) is 26.3. The molecule has 8 nitrogen and oxygen atoms in total. The van der Waals surface area contributed by atoms with Gasteiger partial charge in [-0.15, -0.1) is 58.3 Å². The Morgan fingerprint density at radius 3 is 1.59 bits per heavy atom. The second-order valence-electron chi connectivity index (χ2n) is 15.4. The Kier molecular flexibility index (Phi) is 19.0. The molecule has 0 amide bonds. The first-order valence-electron chi connectivity index (χ1n) is 21.2. The second-order valence-corrected chi connectivity index (χ2v) is 15.4. The van der Waals surface area contributed by atoms with Gasteiger partial charge < -0.3 is 10.2 Å². The van der Waals surface area contributed by atoms with Crippen LogP contribution >= 0.6 is 0 Å². The number of hydrogen-bond donors (Lipinski definition) is 2. The van der Waals surface area contributed by atoms with Crippen LogP contribution in [0.25, 0.3) is 88.1 Å². The molecule has 2 aromatic heterocycles. The monoisotopic (exact) mass is 1250 g/mol. The molecule has 342 valence electrons. The van der Waals surface area contributed by atoms with Crippen molar-refractivity contribution in [3.8, 4) is 45.0 Å². The van der Waals surface area contributed by atoms with Crippen LogP contribution in [0, 0.1) is 12.1 Å². The van der Waals surface area contributed by atoms with E-state index in [-0.39, 0.29) is 63.3 Å². The quantitative estimate of drug-likeness (QED) is 0.0958. The molecule has 10 aromatic rings. The SMILES string of the molecule is CC(=O)C=C(C)O.CC(=O)C=C(C)O.[Ir].[Ir].[c-]1cc2ccccc2cc1-c1cc(-c2ccc3ccccc3c2)ncn1.[c-]1ccc2ccccc2c1-c1cc(-c2cccc3ccccc23)ncn1. The predicted molar refractivity (Wildman–Crippen MR) is 268 cm³/mol. The summed E-state index contributed by atoms with van der Waals surface area (Å²) in [5.41, 5.74) is 7.81. The minimum atomic E-state index is -0.125. The number of aromatic nitrogens is 4. The summed E-state index contributed by atoms with van der Waals surface area (Å²) < 4.78 is 0. The van der Waals surface area contributed by atoms with Crippen molar-refractivity contribution in [3.05, 3.63) is 218 Å². The van der Waals surface area contributed by atoms with E-state index in [9.17, 15) is 9.59 Å². The van der Waals surface area contributed by atoms with Crippen molar-refractivity contribution in [1.82, 2.24) is 19.9 Å². The molecule has 2 N–H and O–H groups in total. The van der Waals surface area contributed by atoms with Crippen LogP contribution in [0.1, 0.15) is 27.7 Å². The second kappa shape index (κ2) is 25.0. The van der Waals surface area contributed by atoms with Gasteiger partial charge in [0.05, 0.1) is 22.9 Å². The van der Waals surface area contributed by atoms with Crippen LogP contribution in [-0.4, -0.2) is 41.7 Å². The number of aliphatic hydroxyl groups is 2. The van der Waals surface area contributed by atoms with Crippen LogP contribution < -0.4 is 0 Å². The summed E-state index contributed by atoms with van der Waals surface area (Å²) >= 11 is 0. The Morgan fingerprint density at radius 2 is 0.956 bits per heavy atom. The van der Waals surface area contributed by atoms with Gasteiger partial charge in [0.2, 0.25) is 0 Å². The maximum absolute atomic E-state index is 10.0. The zero-order chi connectivity index (χ0) is 46.4. The number of nitrogens with zero attached hydrogens (tertiary/aromatic N) is 4. The molecular weight excluding hydrogens is 1200 g/mol. The van der Waals surface area contributed by atoms with Crippen LogP contribution in [0.3, 0.4) is 0 Å². The number of allylic oxidation sites excluding steroid dienone is 4. The molecule has 0 spiro atoms. The van der Waals surface area contributed by atoms with Crippen LogP contribution in [-0.2, 0) is 49.8 Å². The summed E-state index contributed by atoms with van der Waals surface area (Å²) in [5.74, 6) is -0.125. The Morgan fingerprint density at radius 1 is 0.456 bits per heavy atom. The fraction of sp³-hybridized carbons (Fsp3) is 0.0690. The predicted octanol–water partition coefficient (Wildman–Crippen LogP) is 13.9. The molecule has 0 unspecified atom stereocenters. The number of carbonyl (C=O) groups excluding carboxylic acids is 2. The van der Waals surface area contributed by atoms with Crippen molar-refractivity contribution in [2.75, 3.05) is 0 Å². The fourth-order valence-electron chi connectivity index (χ4n) is 7.34. The first-order chi connectivity index (χ1) is 32.0. The van der Waals surface area contributed by atoms with Crippen molar-refractivity contribution < 1.29 is 60.0 Å². The molecular formula is C58H46Ir2N4O4-2. The molecule has 0 aliphatic rings. The standard InChI is InChI=1S/2C24H15N2.2C5H8O2.2Ir/c1-3-11-19-17(7-1)9-5-13-21(19)23-15-24(26-16-25-23)22-14-6-10-18-8-2-4-12-20(18)22;1-3-7-19-13-21(11-9-17(19)5-1)23-15-24(26-16-25-23)22-12-10-18-6-2-4-8-20(18)14-22;2*1-4(6)3-5(2)7;;/h1-13,15-16H;1-11,13-16H;2*3,6H,1-2H3;;/q2*-1;;;;. The van der Waals surface area contributed by atoms with Crippen LogP contribution in [0.4, 0.5) is 0 Å². The maximum atomic E-state index is 10.0. The van der Waals surface area contributed by atoms with E-state index < -0.39 is 0 Å². The molecule has 8 aromatic carbocycles. The molecule has 68 heavy (non-hydrogen) atoms. The van der Waals surface area contributed by atoms with Gasteiger partial charge in [0.15, 0.2) is 11.6 Å². The number of carbonyl (C=O) groups is 2. The van der Waals surface area contributed by atoms with Crippen molar-refractivity contribution >= 4 is 54.7 Å². The smallest absolute Gasteiger partial charge is 0.155 e. The van der Waals surface area contributed by atoms with Gasteiger partial charge in [-0.25, -0.2) is 9.97 Å². The van der Waals surface area contributed by atoms with Crippen molar-refractivity contribution in [2.24, 2.45) is 0 Å². The fourth-order valence-corrected chi connectivity index (χ4v) is 7.34. The molecule has 0 aliphatic heterocycles. The molecule has 0 saturated heterocycles. The van der Waals surface area contributed by atoms with Gasteiger partial charge >= 0.3 is 0 Å². The Labute approximate surface area is 422 Å². The summed E-state index contributed by atoms with van der Waals surface area (Å²) in [7, 11) is 0. The van der Waals surface area contributed by atoms with Crippen molar-refractivity contribution in [1.29, 1.82) is 0 Å². The molecule has 2 radical (unpaired) electrons. The first-order valence-corrected chi connectivity index (χ1v) is 21.2. The molecule has 0 saturated carbocycles. The van der Waals surface area contributed by atoms with E-state index in [1.807, 2.05) is 42.5 Å². The number of fused-ring (bicyclic) bond motifs is 4.